The molecule has 21 heavy (non-hydrogen) atoms. The highest BCUT2D eigenvalue weighted by Gasteiger charge is 2.13. The summed E-state index contributed by atoms with van der Waals surface area (Å²) in [6.45, 7) is 8.91. The van der Waals surface area contributed by atoms with Gasteiger partial charge in [-0.2, -0.15) is 0 Å². The van der Waals surface area contributed by atoms with Crippen molar-refractivity contribution >= 4 is 21.6 Å². The normalized spacial score (nSPS) is 11.7. The standard InChI is InChI=1S/C17H21BrN2O/c1-11-14(19)10-20(16(21)15(11)18)9-12-5-7-13(8-6-12)17(2,3)4/h5-8,10H,9,19H2,1-4H3. The van der Waals surface area contributed by atoms with Crippen LogP contribution in [0.2, 0.25) is 0 Å². The summed E-state index contributed by atoms with van der Waals surface area (Å²) in [5.74, 6) is 0. The number of benzene rings is 1. The third-order valence-corrected chi connectivity index (χ3v) is 4.61. The van der Waals surface area contributed by atoms with Gasteiger partial charge in [-0.25, -0.2) is 0 Å². The van der Waals surface area contributed by atoms with Crippen molar-refractivity contribution in [1.82, 2.24) is 4.57 Å². The topological polar surface area (TPSA) is 48.0 Å². The first-order chi connectivity index (χ1) is 9.70. The summed E-state index contributed by atoms with van der Waals surface area (Å²) in [7, 11) is 0. The number of hydrogen-bond donors (Lipinski definition) is 1. The van der Waals surface area contributed by atoms with E-state index in [1.807, 2.05) is 6.92 Å². The molecule has 1 aromatic heterocycles. The fourth-order valence-electron chi connectivity index (χ4n) is 2.16. The van der Waals surface area contributed by atoms with Crippen LogP contribution < -0.4 is 11.3 Å². The molecule has 1 heterocycles. The lowest BCUT2D eigenvalue weighted by Gasteiger charge is -2.19. The van der Waals surface area contributed by atoms with E-state index in [-0.39, 0.29) is 11.0 Å². The molecule has 2 aromatic rings. The second kappa shape index (κ2) is 5.68. The van der Waals surface area contributed by atoms with E-state index < -0.39 is 0 Å². The molecular weight excluding hydrogens is 328 g/mol. The van der Waals surface area contributed by atoms with Crippen LogP contribution in [-0.4, -0.2) is 4.57 Å². The summed E-state index contributed by atoms with van der Waals surface area (Å²) in [5, 5.41) is 0. The van der Waals surface area contributed by atoms with Crippen LogP contribution in [-0.2, 0) is 12.0 Å². The summed E-state index contributed by atoms with van der Waals surface area (Å²) in [5.41, 5.74) is 9.79. The predicted octanol–water partition coefficient (Wildman–Crippen LogP) is 3.85. The molecule has 4 heteroatoms. The minimum Gasteiger partial charge on any atom is -0.397 e. The van der Waals surface area contributed by atoms with Crippen LogP contribution in [0.5, 0.6) is 0 Å². The summed E-state index contributed by atoms with van der Waals surface area (Å²) >= 11 is 3.32. The van der Waals surface area contributed by atoms with Gasteiger partial charge in [-0.3, -0.25) is 4.79 Å². The zero-order valence-corrected chi connectivity index (χ0v) is 14.5. The van der Waals surface area contributed by atoms with E-state index in [0.717, 1.165) is 11.1 Å². The number of anilines is 1. The molecule has 0 saturated heterocycles. The quantitative estimate of drug-likeness (QED) is 0.895. The number of rotatable bonds is 2. The maximum atomic E-state index is 12.2. The second-order valence-electron chi connectivity index (χ2n) is 6.40. The number of pyridine rings is 1. The van der Waals surface area contributed by atoms with Crippen molar-refractivity contribution in [1.29, 1.82) is 0 Å². The monoisotopic (exact) mass is 348 g/mol. The molecule has 112 valence electrons. The average molecular weight is 349 g/mol. The molecule has 0 amide bonds. The zero-order chi connectivity index (χ0) is 15.8. The molecule has 3 nitrogen and oxygen atoms in total. The lowest BCUT2D eigenvalue weighted by Crippen LogP contribution is -2.22. The van der Waals surface area contributed by atoms with Crippen LogP contribution in [0.25, 0.3) is 0 Å². The number of aromatic nitrogens is 1. The van der Waals surface area contributed by atoms with Crippen LogP contribution in [0.4, 0.5) is 5.69 Å². The van der Waals surface area contributed by atoms with Gasteiger partial charge in [0.2, 0.25) is 0 Å². The summed E-state index contributed by atoms with van der Waals surface area (Å²) < 4.78 is 2.17. The van der Waals surface area contributed by atoms with Crippen molar-refractivity contribution in [2.75, 3.05) is 5.73 Å². The zero-order valence-electron chi connectivity index (χ0n) is 12.9. The molecule has 0 atom stereocenters. The Morgan fingerprint density at radius 1 is 1.19 bits per heavy atom. The van der Waals surface area contributed by atoms with Gasteiger partial charge in [-0.1, -0.05) is 45.0 Å². The minimum absolute atomic E-state index is 0.0541. The molecule has 0 aliphatic rings. The van der Waals surface area contributed by atoms with Gasteiger partial charge in [0.1, 0.15) is 0 Å². The van der Waals surface area contributed by atoms with Crippen molar-refractivity contribution in [2.24, 2.45) is 0 Å². The van der Waals surface area contributed by atoms with Crippen molar-refractivity contribution < 1.29 is 0 Å². The van der Waals surface area contributed by atoms with Gasteiger partial charge in [0, 0.05) is 6.20 Å². The van der Waals surface area contributed by atoms with Crippen molar-refractivity contribution in [3.63, 3.8) is 0 Å². The van der Waals surface area contributed by atoms with Crippen molar-refractivity contribution in [3.05, 3.63) is 62.0 Å². The Kier molecular flexibility index (Phi) is 4.28. The van der Waals surface area contributed by atoms with E-state index in [1.54, 1.807) is 10.8 Å². The van der Waals surface area contributed by atoms with Gasteiger partial charge in [-0.15, -0.1) is 0 Å². The Balaban J connectivity index is 2.33. The summed E-state index contributed by atoms with van der Waals surface area (Å²) in [6.07, 6.45) is 1.71. The van der Waals surface area contributed by atoms with Gasteiger partial charge in [0.15, 0.2) is 0 Å². The maximum Gasteiger partial charge on any atom is 0.265 e. The first kappa shape index (κ1) is 15.8. The fraction of sp³-hybridized carbons (Fsp3) is 0.353. The largest absolute Gasteiger partial charge is 0.397 e. The van der Waals surface area contributed by atoms with E-state index in [0.29, 0.717) is 16.7 Å². The van der Waals surface area contributed by atoms with Gasteiger partial charge in [-0.05, 0) is 45.0 Å². The number of nitrogens with zero attached hydrogens (tertiary/aromatic N) is 1. The molecule has 0 aliphatic carbocycles. The van der Waals surface area contributed by atoms with Gasteiger partial charge < -0.3 is 10.3 Å². The predicted molar refractivity (Wildman–Crippen MR) is 91.8 cm³/mol. The highest BCUT2D eigenvalue weighted by molar-refractivity contribution is 9.10. The first-order valence-corrected chi connectivity index (χ1v) is 7.74. The van der Waals surface area contributed by atoms with Crippen molar-refractivity contribution in [2.45, 2.75) is 39.7 Å². The summed E-state index contributed by atoms with van der Waals surface area (Å²) in [6, 6.07) is 8.37. The lowest BCUT2D eigenvalue weighted by molar-refractivity contribution is 0.589. The molecule has 0 unspecified atom stereocenters. The third kappa shape index (κ3) is 3.38. The van der Waals surface area contributed by atoms with Gasteiger partial charge in [0.25, 0.3) is 5.56 Å². The maximum absolute atomic E-state index is 12.2. The van der Waals surface area contributed by atoms with Crippen LogP contribution >= 0.6 is 15.9 Å². The van der Waals surface area contributed by atoms with E-state index in [4.69, 9.17) is 5.73 Å². The van der Waals surface area contributed by atoms with Crippen LogP contribution in [0.1, 0.15) is 37.5 Å². The Morgan fingerprint density at radius 2 is 1.76 bits per heavy atom. The number of nitrogen functional groups attached to an aromatic ring is 1. The molecule has 2 N–H and O–H groups in total. The number of halogens is 1. The Labute approximate surface area is 133 Å². The number of hydrogen-bond acceptors (Lipinski definition) is 2. The third-order valence-electron chi connectivity index (χ3n) is 3.68. The van der Waals surface area contributed by atoms with Crippen molar-refractivity contribution in [3.8, 4) is 0 Å². The molecular formula is C17H21BrN2O. The fourth-order valence-corrected chi connectivity index (χ4v) is 2.62. The molecule has 0 fully saturated rings. The average Bonchev–Trinajstić information content (AvgIpc) is 2.42. The van der Waals surface area contributed by atoms with Gasteiger partial charge >= 0.3 is 0 Å². The van der Waals surface area contributed by atoms with E-state index in [2.05, 4.69) is 61.0 Å². The summed E-state index contributed by atoms with van der Waals surface area (Å²) in [4.78, 5) is 12.2. The highest BCUT2D eigenvalue weighted by atomic mass is 79.9. The SMILES string of the molecule is Cc1c(N)cn(Cc2ccc(C(C)(C)C)cc2)c(=O)c1Br. The smallest absolute Gasteiger partial charge is 0.265 e. The Hall–Kier alpha value is -1.55. The van der Waals surface area contributed by atoms with Crippen LogP contribution in [0, 0.1) is 6.92 Å². The molecule has 0 spiro atoms. The molecule has 1 aromatic carbocycles. The van der Waals surface area contributed by atoms with E-state index >= 15 is 0 Å². The minimum atomic E-state index is -0.0541. The van der Waals surface area contributed by atoms with E-state index in [1.165, 1.54) is 5.56 Å². The van der Waals surface area contributed by atoms with Crippen LogP contribution in [0.3, 0.4) is 0 Å². The Morgan fingerprint density at radius 3 is 2.29 bits per heavy atom. The molecule has 0 aliphatic heterocycles. The molecule has 0 bridgehead atoms. The van der Waals surface area contributed by atoms with Gasteiger partial charge in [0.05, 0.1) is 16.7 Å². The first-order valence-electron chi connectivity index (χ1n) is 6.94. The highest BCUT2D eigenvalue weighted by Crippen LogP contribution is 2.22. The molecule has 2 rings (SSSR count). The second-order valence-corrected chi connectivity index (χ2v) is 7.20. The molecule has 0 saturated carbocycles. The lowest BCUT2D eigenvalue weighted by atomic mass is 9.87. The Bertz CT molecular complexity index is 709. The van der Waals surface area contributed by atoms with Crippen LogP contribution in [0.15, 0.2) is 39.7 Å². The number of nitrogens with two attached hydrogens (primary N) is 1. The molecule has 0 radical (unpaired) electrons. The van der Waals surface area contributed by atoms with E-state index in [9.17, 15) is 4.79 Å².